The number of alkyl carbamates (subject to hydrolysis) is 1. The van der Waals surface area contributed by atoms with Gasteiger partial charge >= 0.3 is 6.09 Å². The quantitative estimate of drug-likeness (QED) is 0.524. The zero-order chi connectivity index (χ0) is 25.7. The molecule has 1 aliphatic rings. The van der Waals surface area contributed by atoms with Crippen LogP contribution in [0.5, 0.6) is 0 Å². The molecule has 1 aliphatic heterocycles. The van der Waals surface area contributed by atoms with Crippen molar-refractivity contribution in [1.29, 1.82) is 5.26 Å². The Balaban J connectivity index is 1.54. The first-order valence-electron chi connectivity index (χ1n) is 12.4. The smallest absolute Gasteiger partial charge is 0.407 e. The summed E-state index contributed by atoms with van der Waals surface area (Å²) >= 11 is 0. The molecule has 0 spiro atoms. The summed E-state index contributed by atoms with van der Waals surface area (Å²) in [5, 5.41) is 13.4. The molecule has 1 atom stereocenters. The van der Waals surface area contributed by atoms with Gasteiger partial charge in [-0.2, -0.15) is 5.26 Å². The van der Waals surface area contributed by atoms with Gasteiger partial charge in [-0.1, -0.05) is 30.3 Å². The molecule has 188 valence electrons. The lowest BCUT2D eigenvalue weighted by molar-refractivity contribution is 0.0343. The van der Waals surface area contributed by atoms with Crippen molar-refractivity contribution < 1.29 is 14.3 Å². The molecule has 1 fully saturated rings. The minimum Gasteiger partial charge on any atom is -0.444 e. The van der Waals surface area contributed by atoms with Gasteiger partial charge in [0.05, 0.1) is 36.1 Å². The Morgan fingerprint density at radius 2 is 1.89 bits per heavy atom. The third-order valence-corrected chi connectivity index (χ3v) is 6.08. The van der Waals surface area contributed by atoms with Crippen molar-refractivity contribution in [2.75, 3.05) is 26.3 Å². The topological polar surface area (TPSA) is 87.5 Å². The third-order valence-electron chi connectivity index (χ3n) is 6.08. The van der Waals surface area contributed by atoms with Gasteiger partial charge in [0.25, 0.3) is 0 Å². The number of hydrogen-bond acceptors (Lipinski definition) is 6. The van der Waals surface area contributed by atoms with Crippen LogP contribution in [0.4, 0.5) is 4.79 Å². The molecule has 0 radical (unpaired) electrons. The van der Waals surface area contributed by atoms with Gasteiger partial charge in [-0.15, -0.1) is 0 Å². The van der Waals surface area contributed by atoms with Crippen LogP contribution in [0.25, 0.3) is 22.2 Å². The summed E-state index contributed by atoms with van der Waals surface area (Å²) in [5.41, 5.74) is 5.11. The molecule has 2 heterocycles. The number of nitriles is 1. The van der Waals surface area contributed by atoms with E-state index in [1.165, 1.54) is 5.56 Å². The minimum atomic E-state index is -0.521. The molecule has 2 aromatic carbocycles. The Morgan fingerprint density at radius 3 is 2.56 bits per heavy atom. The first kappa shape index (κ1) is 25.6. The molecule has 3 aromatic rings. The highest BCUT2D eigenvalue weighted by Gasteiger charge is 2.18. The van der Waals surface area contributed by atoms with Gasteiger partial charge in [-0.25, -0.2) is 9.78 Å². The predicted molar refractivity (Wildman–Crippen MR) is 141 cm³/mol. The number of morpholine rings is 1. The number of nitrogens with one attached hydrogen (secondary N) is 1. The second-order valence-electron chi connectivity index (χ2n) is 10.3. The number of pyridine rings is 1. The Morgan fingerprint density at radius 1 is 1.17 bits per heavy atom. The fourth-order valence-electron chi connectivity index (χ4n) is 4.37. The Hall–Kier alpha value is -3.47. The maximum Gasteiger partial charge on any atom is 0.407 e. The van der Waals surface area contributed by atoms with Crippen LogP contribution in [-0.4, -0.2) is 53.9 Å². The minimum absolute atomic E-state index is 0.0611. The standard InChI is InChI=1S/C29H34N4O3/c1-20(31-28(34)36-29(2,3)4)15-21-5-8-23(9-6-21)26-17-24(19-33-11-13-35-14-12-33)25-10-7-22(18-30)16-27(25)32-26/h5-10,16-17,20H,11-15,19H2,1-4H3,(H,31,34). The van der Waals surface area contributed by atoms with Crippen molar-refractivity contribution in [3.05, 3.63) is 65.2 Å². The van der Waals surface area contributed by atoms with Crippen LogP contribution in [0.2, 0.25) is 0 Å². The van der Waals surface area contributed by atoms with Gasteiger partial charge in [0, 0.05) is 36.6 Å². The third kappa shape index (κ3) is 6.81. The number of carbonyl (C=O) groups is 1. The molecule has 7 nitrogen and oxygen atoms in total. The summed E-state index contributed by atoms with van der Waals surface area (Å²) in [7, 11) is 0. The number of aromatic nitrogens is 1. The van der Waals surface area contributed by atoms with E-state index in [2.05, 4.69) is 46.6 Å². The number of rotatable bonds is 6. The van der Waals surface area contributed by atoms with E-state index in [9.17, 15) is 10.1 Å². The van der Waals surface area contributed by atoms with Crippen LogP contribution < -0.4 is 5.32 Å². The number of nitrogens with zero attached hydrogens (tertiary/aromatic N) is 3. The number of ether oxygens (including phenoxy) is 2. The first-order valence-corrected chi connectivity index (χ1v) is 12.4. The van der Waals surface area contributed by atoms with Crippen molar-refractivity contribution >= 4 is 17.0 Å². The van der Waals surface area contributed by atoms with E-state index in [-0.39, 0.29) is 6.04 Å². The Kier molecular flexibility index (Phi) is 7.88. The van der Waals surface area contributed by atoms with Gasteiger partial charge < -0.3 is 14.8 Å². The number of fused-ring (bicyclic) bond motifs is 1. The summed E-state index contributed by atoms with van der Waals surface area (Å²) in [5.74, 6) is 0. The van der Waals surface area contributed by atoms with Crippen molar-refractivity contribution in [3.8, 4) is 17.3 Å². The van der Waals surface area contributed by atoms with Gasteiger partial charge in [0.15, 0.2) is 0 Å². The molecule has 0 bridgehead atoms. The van der Waals surface area contributed by atoms with E-state index >= 15 is 0 Å². The molecule has 1 N–H and O–H groups in total. The summed E-state index contributed by atoms with van der Waals surface area (Å²) in [6.45, 7) is 11.6. The number of carbonyl (C=O) groups excluding carboxylic acids is 1. The van der Waals surface area contributed by atoms with Crippen LogP contribution in [0.3, 0.4) is 0 Å². The lowest BCUT2D eigenvalue weighted by atomic mass is 10.00. The molecule has 1 amide bonds. The average Bonchev–Trinajstić information content (AvgIpc) is 2.83. The summed E-state index contributed by atoms with van der Waals surface area (Å²) in [4.78, 5) is 19.3. The normalized spacial score (nSPS) is 15.3. The summed E-state index contributed by atoms with van der Waals surface area (Å²) in [6, 6.07) is 18.3. The molecule has 4 rings (SSSR count). The molecule has 1 aromatic heterocycles. The van der Waals surface area contributed by atoms with E-state index in [1.54, 1.807) is 0 Å². The van der Waals surface area contributed by atoms with Crippen molar-refractivity contribution in [1.82, 2.24) is 15.2 Å². The van der Waals surface area contributed by atoms with E-state index in [0.29, 0.717) is 12.0 Å². The average molecular weight is 487 g/mol. The fraction of sp³-hybridized carbons (Fsp3) is 0.414. The van der Waals surface area contributed by atoms with Gasteiger partial charge in [0.1, 0.15) is 5.60 Å². The highest BCUT2D eigenvalue weighted by molar-refractivity contribution is 5.86. The number of amides is 1. The summed E-state index contributed by atoms with van der Waals surface area (Å²) < 4.78 is 10.9. The van der Waals surface area contributed by atoms with Crippen LogP contribution in [0.1, 0.15) is 44.4 Å². The Labute approximate surface area is 213 Å². The largest absolute Gasteiger partial charge is 0.444 e. The molecule has 1 saturated heterocycles. The second-order valence-corrected chi connectivity index (χ2v) is 10.3. The molecule has 0 aliphatic carbocycles. The molecule has 1 unspecified atom stereocenters. The molecule has 36 heavy (non-hydrogen) atoms. The number of hydrogen-bond donors (Lipinski definition) is 1. The zero-order valence-electron chi connectivity index (χ0n) is 21.5. The maximum atomic E-state index is 12.1. The van der Waals surface area contributed by atoms with E-state index in [0.717, 1.165) is 60.6 Å². The van der Waals surface area contributed by atoms with E-state index < -0.39 is 11.7 Å². The molecule has 0 saturated carbocycles. The van der Waals surface area contributed by atoms with Crippen LogP contribution in [0.15, 0.2) is 48.5 Å². The SMILES string of the molecule is CC(Cc1ccc(-c2cc(CN3CCOCC3)c3ccc(C#N)cc3n2)cc1)NC(=O)OC(C)(C)C. The molecule has 7 heteroatoms. The number of benzene rings is 2. The summed E-state index contributed by atoms with van der Waals surface area (Å²) in [6.07, 6.45) is 0.287. The van der Waals surface area contributed by atoms with E-state index in [4.69, 9.17) is 14.5 Å². The maximum absolute atomic E-state index is 12.1. The Bertz CT molecular complexity index is 1250. The molecular weight excluding hydrogens is 452 g/mol. The van der Waals surface area contributed by atoms with Crippen molar-refractivity contribution in [3.63, 3.8) is 0 Å². The monoisotopic (exact) mass is 486 g/mol. The highest BCUT2D eigenvalue weighted by atomic mass is 16.6. The first-order chi connectivity index (χ1) is 17.2. The van der Waals surface area contributed by atoms with Crippen LogP contribution in [-0.2, 0) is 22.4 Å². The van der Waals surface area contributed by atoms with Crippen molar-refractivity contribution in [2.24, 2.45) is 0 Å². The van der Waals surface area contributed by atoms with Crippen LogP contribution >= 0.6 is 0 Å². The second kappa shape index (κ2) is 11.1. The fourth-order valence-corrected chi connectivity index (χ4v) is 4.37. The van der Waals surface area contributed by atoms with Gasteiger partial charge in [-0.3, -0.25) is 4.90 Å². The lowest BCUT2D eigenvalue weighted by Crippen LogP contribution is -2.38. The lowest BCUT2D eigenvalue weighted by Gasteiger charge is -2.27. The highest BCUT2D eigenvalue weighted by Crippen LogP contribution is 2.27. The van der Waals surface area contributed by atoms with Crippen LogP contribution in [0, 0.1) is 11.3 Å². The molecular formula is C29H34N4O3. The van der Waals surface area contributed by atoms with E-state index in [1.807, 2.05) is 45.9 Å². The van der Waals surface area contributed by atoms with Gasteiger partial charge in [-0.05, 0) is 63.4 Å². The zero-order valence-corrected chi connectivity index (χ0v) is 21.5. The van der Waals surface area contributed by atoms with Crippen molar-refractivity contribution in [2.45, 2.75) is 52.3 Å². The predicted octanol–water partition coefficient (Wildman–Crippen LogP) is 5.06. The van der Waals surface area contributed by atoms with Gasteiger partial charge in [0.2, 0.25) is 0 Å².